The monoisotopic (exact) mass is 518 g/mol. The minimum absolute atomic E-state index is 0.259. The second-order valence-electron chi connectivity index (χ2n) is 7.96. The molecule has 3 aromatic rings. The Balaban J connectivity index is 1.54. The van der Waals surface area contributed by atoms with Crippen LogP contribution in [0.3, 0.4) is 0 Å². The fourth-order valence-corrected chi connectivity index (χ4v) is 3.19. The summed E-state index contributed by atoms with van der Waals surface area (Å²) in [4.78, 5) is 36.7. The van der Waals surface area contributed by atoms with Crippen molar-refractivity contribution in [3.63, 3.8) is 0 Å². The molecular weight excluding hydrogens is 488 g/mol. The molecule has 0 aromatic heterocycles. The number of hydrazone groups is 1. The molecule has 198 valence electrons. The highest BCUT2D eigenvalue weighted by Crippen LogP contribution is 2.30. The minimum atomic E-state index is -0.960. The molecule has 0 atom stereocenters. The van der Waals surface area contributed by atoms with Crippen LogP contribution in [-0.4, -0.2) is 44.3 Å². The Kier molecular flexibility index (Phi) is 10.7. The number of benzene rings is 3. The summed E-state index contributed by atoms with van der Waals surface area (Å²) >= 11 is 0. The van der Waals surface area contributed by atoms with Gasteiger partial charge in [0.15, 0.2) is 18.1 Å². The lowest BCUT2D eigenvalue weighted by molar-refractivity contribution is -0.136. The van der Waals surface area contributed by atoms with Gasteiger partial charge in [-0.2, -0.15) is 5.10 Å². The Morgan fingerprint density at radius 2 is 1.66 bits per heavy atom. The number of nitrogens with zero attached hydrogens (tertiary/aromatic N) is 1. The van der Waals surface area contributed by atoms with Crippen molar-refractivity contribution in [1.29, 1.82) is 0 Å². The Morgan fingerprint density at radius 1 is 0.895 bits per heavy atom. The Morgan fingerprint density at radius 3 is 2.37 bits per heavy atom. The first kappa shape index (κ1) is 27.7. The fourth-order valence-electron chi connectivity index (χ4n) is 3.19. The Labute approximate surface area is 221 Å². The maximum Gasteiger partial charge on any atom is 0.329 e. The number of anilines is 1. The van der Waals surface area contributed by atoms with Gasteiger partial charge in [0, 0.05) is 17.8 Å². The first-order valence-electron chi connectivity index (χ1n) is 12.0. The molecule has 0 aliphatic heterocycles. The third kappa shape index (κ3) is 8.66. The maximum atomic E-state index is 12.3. The first-order chi connectivity index (χ1) is 18.5. The Hall–Kier alpha value is -4.86. The van der Waals surface area contributed by atoms with Crippen LogP contribution in [0.25, 0.3) is 0 Å². The van der Waals surface area contributed by atoms with Gasteiger partial charge in [0.1, 0.15) is 5.75 Å². The summed E-state index contributed by atoms with van der Waals surface area (Å²) in [5.74, 6) is -0.862. The largest absolute Gasteiger partial charge is 0.494 e. The van der Waals surface area contributed by atoms with Crippen molar-refractivity contribution in [3.05, 3.63) is 83.9 Å². The lowest BCUT2D eigenvalue weighted by atomic mass is 10.2. The molecule has 3 rings (SSSR count). The standard InChI is InChI=1S/C28H30N4O6/c1-3-16-37-23-14-12-22(13-15-23)31-27(34)28(35)32-30-18-21-10-7-11-24(36-2)26(21)38-19-25(33)29-17-20-8-5-4-6-9-20/h4-15,18H,3,16-17,19H2,1-2H3,(H,29,33)(H,31,34)(H,32,35)/b30-18-. The molecule has 10 nitrogen and oxygen atoms in total. The van der Waals surface area contributed by atoms with Crippen LogP contribution < -0.4 is 30.3 Å². The van der Waals surface area contributed by atoms with E-state index >= 15 is 0 Å². The van der Waals surface area contributed by atoms with Gasteiger partial charge in [-0.1, -0.05) is 43.3 Å². The van der Waals surface area contributed by atoms with E-state index in [9.17, 15) is 14.4 Å². The molecule has 0 fully saturated rings. The zero-order valence-corrected chi connectivity index (χ0v) is 21.2. The number of carbonyl (C=O) groups is 3. The number of hydrogen-bond acceptors (Lipinski definition) is 7. The molecule has 3 aromatic carbocycles. The van der Waals surface area contributed by atoms with Gasteiger partial charge < -0.3 is 24.8 Å². The highest BCUT2D eigenvalue weighted by atomic mass is 16.5. The molecule has 3 N–H and O–H groups in total. The molecule has 0 bridgehead atoms. The zero-order valence-electron chi connectivity index (χ0n) is 21.2. The van der Waals surface area contributed by atoms with Crippen LogP contribution in [0.1, 0.15) is 24.5 Å². The van der Waals surface area contributed by atoms with Crippen LogP contribution in [0.2, 0.25) is 0 Å². The van der Waals surface area contributed by atoms with Crippen molar-refractivity contribution in [2.24, 2.45) is 5.10 Å². The molecule has 0 heterocycles. The van der Waals surface area contributed by atoms with Crippen LogP contribution in [0.5, 0.6) is 17.2 Å². The van der Waals surface area contributed by atoms with Crippen molar-refractivity contribution in [3.8, 4) is 17.2 Å². The molecule has 0 aliphatic carbocycles. The van der Waals surface area contributed by atoms with Gasteiger partial charge in [-0.3, -0.25) is 14.4 Å². The molecule has 10 heteroatoms. The molecular formula is C28H30N4O6. The number of ether oxygens (including phenoxy) is 3. The van der Waals surface area contributed by atoms with Crippen molar-refractivity contribution in [1.82, 2.24) is 10.7 Å². The number of amides is 3. The smallest absolute Gasteiger partial charge is 0.329 e. The van der Waals surface area contributed by atoms with Gasteiger partial charge >= 0.3 is 11.8 Å². The van der Waals surface area contributed by atoms with E-state index < -0.39 is 11.8 Å². The summed E-state index contributed by atoms with van der Waals surface area (Å²) in [5, 5.41) is 9.12. The van der Waals surface area contributed by atoms with Crippen molar-refractivity contribution >= 4 is 29.6 Å². The average molecular weight is 519 g/mol. The van der Waals surface area contributed by atoms with Crippen LogP contribution in [0.4, 0.5) is 5.69 Å². The van der Waals surface area contributed by atoms with E-state index in [0.29, 0.717) is 35.9 Å². The van der Waals surface area contributed by atoms with Crippen LogP contribution in [-0.2, 0) is 20.9 Å². The maximum absolute atomic E-state index is 12.3. The number of carbonyl (C=O) groups excluding carboxylic acids is 3. The third-order valence-electron chi connectivity index (χ3n) is 5.07. The van der Waals surface area contributed by atoms with E-state index in [-0.39, 0.29) is 18.3 Å². The topological polar surface area (TPSA) is 127 Å². The van der Waals surface area contributed by atoms with E-state index in [1.807, 2.05) is 37.3 Å². The summed E-state index contributed by atoms with van der Waals surface area (Å²) < 4.78 is 16.5. The normalized spacial score (nSPS) is 10.5. The van der Waals surface area contributed by atoms with Gasteiger partial charge in [0.25, 0.3) is 5.91 Å². The summed E-state index contributed by atoms with van der Waals surface area (Å²) in [6, 6.07) is 21.2. The first-order valence-corrected chi connectivity index (χ1v) is 12.0. The molecule has 0 spiro atoms. The third-order valence-corrected chi connectivity index (χ3v) is 5.07. The SMILES string of the molecule is CCCOc1ccc(NC(=O)C(=O)N/N=C\c2cccc(OC)c2OCC(=O)NCc2ccccc2)cc1. The fraction of sp³-hybridized carbons (Fsp3) is 0.214. The molecule has 0 radical (unpaired) electrons. The summed E-state index contributed by atoms with van der Waals surface area (Å²) in [7, 11) is 1.47. The summed E-state index contributed by atoms with van der Waals surface area (Å²) in [6.45, 7) is 2.71. The highest BCUT2D eigenvalue weighted by Gasteiger charge is 2.14. The zero-order chi connectivity index (χ0) is 27.2. The number of hydrogen-bond donors (Lipinski definition) is 3. The van der Waals surface area contributed by atoms with E-state index in [0.717, 1.165) is 12.0 Å². The van der Waals surface area contributed by atoms with E-state index in [2.05, 4.69) is 21.2 Å². The van der Waals surface area contributed by atoms with Gasteiger partial charge in [-0.15, -0.1) is 0 Å². The number of nitrogens with one attached hydrogen (secondary N) is 3. The van der Waals surface area contributed by atoms with Crippen molar-refractivity contribution in [2.75, 3.05) is 25.6 Å². The van der Waals surface area contributed by atoms with Gasteiger partial charge in [0.2, 0.25) is 0 Å². The predicted molar refractivity (Wildman–Crippen MR) is 143 cm³/mol. The number of methoxy groups -OCH3 is 1. The van der Waals surface area contributed by atoms with E-state index in [1.54, 1.807) is 42.5 Å². The molecule has 0 saturated heterocycles. The number of rotatable bonds is 12. The lowest BCUT2D eigenvalue weighted by Crippen LogP contribution is -2.32. The van der Waals surface area contributed by atoms with Crippen molar-refractivity contribution in [2.45, 2.75) is 19.9 Å². The highest BCUT2D eigenvalue weighted by molar-refractivity contribution is 6.39. The van der Waals surface area contributed by atoms with Crippen LogP contribution in [0.15, 0.2) is 77.9 Å². The average Bonchev–Trinajstić information content (AvgIpc) is 2.95. The molecule has 0 aliphatic rings. The summed E-state index contributed by atoms with van der Waals surface area (Å²) in [6.07, 6.45) is 2.18. The molecule has 0 saturated carbocycles. The van der Waals surface area contributed by atoms with Crippen LogP contribution >= 0.6 is 0 Å². The second-order valence-corrected chi connectivity index (χ2v) is 7.96. The molecule has 3 amide bonds. The second kappa shape index (κ2) is 14.6. The summed E-state index contributed by atoms with van der Waals surface area (Å²) in [5.41, 5.74) is 4.01. The molecule has 38 heavy (non-hydrogen) atoms. The predicted octanol–water partition coefficient (Wildman–Crippen LogP) is 3.27. The molecule has 0 unspecified atom stereocenters. The van der Waals surface area contributed by atoms with Gasteiger partial charge in [0.05, 0.1) is 19.9 Å². The minimum Gasteiger partial charge on any atom is -0.494 e. The van der Waals surface area contributed by atoms with E-state index in [4.69, 9.17) is 14.2 Å². The van der Waals surface area contributed by atoms with Gasteiger partial charge in [-0.25, -0.2) is 5.43 Å². The van der Waals surface area contributed by atoms with E-state index in [1.165, 1.54) is 13.3 Å². The lowest BCUT2D eigenvalue weighted by Gasteiger charge is -2.13. The quantitative estimate of drug-likeness (QED) is 0.192. The number of para-hydroxylation sites is 1. The van der Waals surface area contributed by atoms with Gasteiger partial charge in [-0.05, 0) is 48.4 Å². The Bertz CT molecular complexity index is 1250. The van der Waals surface area contributed by atoms with Crippen LogP contribution in [0, 0.1) is 0 Å². The van der Waals surface area contributed by atoms with Crippen molar-refractivity contribution < 1.29 is 28.6 Å².